The van der Waals surface area contributed by atoms with E-state index in [2.05, 4.69) is 0 Å². The molecule has 0 aliphatic carbocycles. The molecule has 1 fully saturated rings. The average molecular weight is 354 g/mol. The fourth-order valence-corrected chi connectivity index (χ4v) is 3.65. The van der Waals surface area contributed by atoms with E-state index in [9.17, 15) is 15.3 Å². The molecule has 1 heterocycles. The van der Waals surface area contributed by atoms with Gasteiger partial charge in [0.15, 0.2) is 6.29 Å². The zero-order valence-electron chi connectivity index (χ0n) is 15.4. The van der Waals surface area contributed by atoms with Crippen molar-refractivity contribution in [2.45, 2.75) is 64.0 Å². The van der Waals surface area contributed by atoms with Gasteiger partial charge in [0.1, 0.15) is 11.7 Å². The van der Waals surface area contributed by atoms with Gasteiger partial charge in [-0.15, -0.1) is 0 Å². The Balaban J connectivity index is 2.33. The molecular weight excluding hydrogens is 324 g/mol. The quantitative estimate of drug-likeness (QED) is 0.655. The first kappa shape index (κ1) is 20.3. The van der Waals surface area contributed by atoms with Gasteiger partial charge < -0.3 is 29.5 Å². The lowest BCUT2D eigenvalue weighted by Crippen LogP contribution is -2.62. The Bertz CT molecular complexity index is 534. The van der Waals surface area contributed by atoms with Crippen LogP contribution in [0.15, 0.2) is 30.3 Å². The number of ether oxygens (including phenoxy) is 3. The molecule has 6 heteroatoms. The molecule has 0 amide bonds. The lowest BCUT2D eigenvalue weighted by atomic mass is 9.66. The Morgan fingerprint density at radius 2 is 1.96 bits per heavy atom. The van der Waals surface area contributed by atoms with Crippen molar-refractivity contribution in [3.63, 3.8) is 0 Å². The third kappa shape index (κ3) is 3.60. The largest absolute Gasteiger partial charge is 0.394 e. The fraction of sp³-hybridized carbons (Fsp3) is 0.684. The summed E-state index contributed by atoms with van der Waals surface area (Å²) in [6.07, 6.45) is -2.75. The van der Waals surface area contributed by atoms with E-state index in [0.29, 0.717) is 13.0 Å². The zero-order valence-corrected chi connectivity index (χ0v) is 15.4. The SMILES string of the molecule is CC[C@@H](O)[C@](C)(O)[C@]1(C)[C@@H](OC)O[C@H](CO)[C@@H]1OCc1ccccc1. The normalized spacial score (nSPS) is 33.2. The van der Waals surface area contributed by atoms with Crippen molar-refractivity contribution in [3.8, 4) is 0 Å². The number of rotatable bonds is 8. The number of hydrogen-bond donors (Lipinski definition) is 3. The van der Waals surface area contributed by atoms with Crippen LogP contribution in [0.25, 0.3) is 0 Å². The molecule has 2 rings (SSSR count). The third-order valence-electron chi connectivity index (χ3n) is 5.51. The molecule has 1 aromatic carbocycles. The Kier molecular flexibility index (Phi) is 6.59. The summed E-state index contributed by atoms with van der Waals surface area (Å²) in [4.78, 5) is 0. The van der Waals surface area contributed by atoms with Crippen molar-refractivity contribution in [1.82, 2.24) is 0 Å². The predicted molar refractivity (Wildman–Crippen MR) is 92.8 cm³/mol. The third-order valence-corrected chi connectivity index (χ3v) is 5.51. The number of aliphatic hydroxyl groups is 3. The summed E-state index contributed by atoms with van der Waals surface area (Å²) in [6.45, 7) is 5.16. The average Bonchev–Trinajstić information content (AvgIpc) is 2.92. The van der Waals surface area contributed by atoms with Crippen molar-refractivity contribution in [2.24, 2.45) is 5.41 Å². The van der Waals surface area contributed by atoms with Gasteiger partial charge in [-0.3, -0.25) is 0 Å². The van der Waals surface area contributed by atoms with E-state index in [1.165, 1.54) is 7.11 Å². The monoisotopic (exact) mass is 354 g/mol. The van der Waals surface area contributed by atoms with Crippen molar-refractivity contribution in [3.05, 3.63) is 35.9 Å². The second-order valence-corrected chi connectivity index (χ2v) is 7.00. The maximum atomic E-state index is 11.2. The van der Waals surface area contributed by atoms with E-state index in [1.54, 1.807) is 20.8 Å². The minimum absolute atomic E-state index is 0.271. The Morgan fingerprint density at radius 3 is 2.48 bits per heavy atom. The summed E-state index contributed by atoms with van der Waals surface area (Å²) in [5.41, 5.74) is -1.63. The van der Waals surface area contributed by atoms with Gasteiger partial charge in [-0.2, -0.15) is 0 Å². The summed E-state index contributed by atoms with van der Waals surface area (Å²) in [6, 6.07) is 9.64. The van der Waals surface area contributed by atoms with Gasteiger partial charge in [-0.1, -0.05) is 37.3 Å². The summed E-state index contributed by atoms with van der Waals surface area (Å²) in [5.74, 6) is 0. The molecule has 0 spiro atoms. The van der Waals surface area contributed by atoms with Gasteiger partial charge in [0, 0.05) is 7.11 Å². The van der Waals surface area contributed by atoms with Crippen molar-refractivity contribution in [2.75, 3.05) is 13.7 Å². The van der Waals surface area contributed by atoms with E-state index >= 15 is 0 Å². The molecule has 1 aliphatic rings. The molecule has 0 aromatic heterocycles. The molecule has 25 heavy (non-hydrogen) atoms. The Morgan fingerprint density at radius 1 is 1.32 bits per heavy atom. The summed E-state index contributed by atoms with van der Waals surface area (Å²) in [5, 5.41) is 31.3. The molecular formula is C19H30O6. The van der Waals surface area contributed by atoms with E-state index in [4.69, 9.17) is 14.2 Å². The smallest absolute Gasteiger partial charge is 0.168 e. The van der Waals surface area contributed by atoms with Crippen LogP contribution in [0.4, 0.5) is 0 Å². The maximum absolute atomic E-state index is 11.2. The molecule has 0 unspecified atom stereocenters. The second-order valence-electron chi connectivity index (χ2n) is 7.00. The molecule has 0 saturated carbocycles. The van der Waals surface area contributed by atoms with Crippen LogP contribution in [0.5, 0.6) is 0 Å². The van der Waals surface area contributed by atoms with Crippen LogP contribution < -0.4 is 0 Å². The van der Waals surface area contributed by atoms with Crippen LogP contribution in [0.1, 0.15) is 32.8 Å². The highest BCUT2D eigenvalue weighted by atomic mass is 16.7. The van der Waals surface area contributed by atoms with E-state index in [0.717, 1.165) is 5.56 Å². The van der Waals surface area contributed by atoms with Crippen LogP contribution in [-0.4, -0.2) is 59.2 Å². The standard InChI is InChI=1S/C19H30O6/c1-5-15(21)19(3,22)18(2)16(14(11-20)25-17(18)23-4)24-12-13-9-7-6-8-10-13/h6-10,14-17,20-22H,5,11-12H2,1-4H3/t14-,15-,16+,17+,18+,19+/m1/s1. The molecule has 6 atom stereocenters. The summed E-state index contributed by atoms with van der Waals surface area (Å²) < 4.78 is 17.3. The Hall–Kier alpha value is -1.02. The number of benzene rings is 1. The Labute approximate surface area is 149 Å². The lowest BCUT2D eigenvalue weighted by Gasteiger charge is -2.47. The topological polar surface area (TPSA) is 88.4 Å². The van der Waals surface area contributed by atoms with Crippen molar-refractivity contribution in [1.29, 1.82) is 0 Å². The molecule has 6 nitrogen and oxygen atoms in total. The number of methoxy groups -OCH3 is 1. The first-order valence-corrected chi connectivity index (χ1v) is 8.67. The van der Waals surface area contributed by atoms with Crippen LogP contribution in [0, 0.1) is 5.41 Å². The first-order chi connectivity index (χ1) is 11.8. The van der Waals surface area contributed by atoms with Crippen LogP contribution >= 0.6 is 0 Å². The van der Waals surface area contributed by atoms with Gasteiger partial charge in [0.05, 0.1) is 30.8 Å². The molecule has 1 aliphatic heterocycles. The number of hydrogen-bond acceptors (Lipinski definition) is 6. The highest BCUT2D eigenvalue weighted by Crippen LogP contribution is 2.50. The van der Waals surface area contributed by atoms with E-state index in [1.807, 2.05) is 30.3 Å². The van der Waals surface area contributed by atoms with Gasteiger partial charge in [0.25, 0.3) is 0 Å². The molecule has 0 bridgehead atoms. The molecule has 1 aromatic rings. The highest BCUT2D eigenvalue weighted by Gasteiger charge is 2.65. The zero-order chi connectivity index (χ0) is 18.7. The van der Waals surface area contributed by atoms with Gasteiger partial charge in [-0.25, -0.2) is 0 Å². The van der Waals surface area contributed by atoms with Crippen molar-refractivity contribution >= 4 is 0 Å². The van der Waals surface area contributed by atoms with E-state index in [-0.39, 0.29) is 6.61 Å². The van der Waals surface area contributed by atoms with Crippen molar-refractivity contribution < 1.29 is 29.5 Å². The van der Waals surface area contributed by atoms with Crippen LogP contribution in [-0.2, 0) is 20.8 Å². The molecule has 142 valence electrons. The molecule has 1 saturated heterocycles. The van der Waals surface area contributed by atoms with Gasteiger partial charge >= 0.3 is 0 Å². The minimum Gasteiger partial charge on any atom is -0.394 e. The van der Waals surface area contributed by atoms with Crippen LogP contribution in [0.3, 0.4) is 0 Å². The molecule has 3 N–H and O–H groups in total. The molecule has 0 radical (unpaired) electrons. The first-order valence-electron chi connectivity index (χ1n) is 8.67. The maximum Gasteiger partial charge on any atom is 0.168 e. The van der Waals surface area contributed by atoms with E-state index < -0.39 is 35.6 Å². The summed E-state index contributed by atoms with van der Waals surface area (Å²) in [7, 11) is 1.48. The predicted octanol–water partition coefficient (Wildman–Crippen LogP) is 1.46. The van der Waals surface area contributed by atoms with Gasteiger partial charge in [0.2, 0.25) is 0 Å². The number of aliphatic hydroxyl groups excluding tert-OH is 2. The lowest BCUT2D eigenvalue weighted by molar-refractivity contribution is -0.242. The highest BCUT2D eigenvalue weighted by molar-refractivity contribution is 5.14. The van der Waals surface area contributed by atoms with Crippen LogP contribution in [0.2, 0.25) is 0 Å². The summed E-state index contributed by atoms with van der Waals surface area (Å²) >= 11 is 0. The second kappa shape index (κ2) is 8.12. The fourth-order valence-electron chi connectivity index (χ4n) is 3.65. The minimum atomic E-state index is -1.53. The van der Waals surface area contributed by atoms with Gasteiger partial charge in [-0.05, 0) is 25.8 Å².